The van der Waals surface area contributed by atoms with Gasteiger partial charge in [0, 0.05) is 0 Å². The van der Waals surface area contributed by atoms with Crippen molar-refractivity contribution in [1.29, 1.82) is 0 Å². The highest BCUT2D eigenvalue weighted by Gasteiger charge is 2.21. The van der Waals surface area contributed by atoms with E-state index in [1.54, 1.807) is 0 Å². The summed E-state index contributed by atoms with van der Waals surface area (Å²) >= 11 is 0. The number of oxazole rings is 1. The maximum atomic E-state index is 5.76. The van der Waals surface area contributed by atoms with Gasteiger partial charge in [-0.3, -0.25) is 0 Å². The molecule has 1 aliphatic rings. The summed E-state index contributed by atoms with van der Waals surface area (Å²) in [6, 6.07) is 6.45. The molecule has 0 bridgehead atoms. The van der Waals surface area contributed by atoms with Gasteiger partial charge in [-0.15, -0.1) is 0 Å². The number of aryl methyl sites for hydroxylation is 1. The predicted octanol–water partition coefficient (Wildman–Crippen LogP) is 2.56. The van der Waals surface area contributed by atoms with Crippen molar-refractivity contribution < 1.29 is 4.42 Å². The molecule has 0 spiro atoms. The van der Waals surface area contributed by atoms with Crippen molar-refractivity contribution in [3.8, 4) is 0 Å². The fourth-order valence-electron chi connectivity index (χ4n) is 2.09. The minimum Gasteiger partial charge on any atom is -0.439 e. The Morgan fingerprint density at radius 3 is 3.20 bits per heavy atom. The summed E-state index contributed by atoms with van der Waals surface area (Å²) < 4.78 is 5.76. The van der Waals surface area contributed by atoms with Crippen LogP contribution in [0.2, 0.25) is 0 Å². The molecule has 3 nitrogen and oxygen atoms in total. The summed E-state index contributed by atoms with van der Waals surface area (Å²) in [7, 11) is 0. The van der Waals surface area contributed by atoms with Crippen LogP contribution in [-0.4, -0.2) is 11.5 Å². The quantitative estimate of drug-likeness (QED) is 0.772. The van der Waals surface area contributed by atoms with Gasteiger partial charge in [0.2, 0.25) is 5.89 Å². The standard InChI is InChI=1S/C12H14N2O/c1-8-4-5-9-11(7-8)15-12(14-9)10-3-2-6-13-10/h4-5,7,10,13H,2-3,6H2,1H3. The zero-order valence-corrected chi connectivity index (χ0v) is 8.79. The Morgan fingerprint density at radius 1 is 1.47 bits per heavy atom. The van der Waals surface area contributed by atoms with Crippen LogP contribution in [0.3, 0.4) is 0 Å². The Morgan fingerprint density at radius 2 is 2.40 bits per heavy atom. The Kier molecular flexibility index (Phi) is 1.99. The van der Waals surface area contributed by atoms with Gasteiger partial charge in [0.15, 0.2) is 5.58 Å². The van der Waals surface area contributed by atoms with E-state index in [4.69, 9.17) is 4.42 Å². The number of aromatic nitrogens is 1. The Labute approximate surface area is 88.5 Å². The van der Waals surface area contributed by atoms with Gasteiger partial charge in [-0.1, -0.05) is 6.07 Å². The van der Waals surface area contributed by atoms with Crippen molar-refractivity contribution in [2.75, 3.05) is 6.54 Å². The first-order valence-electron chi connectivity index (χ1n) is 5.43. The van der Waals surface area contributed by atoms with Crippen LogP contribution in [0.5, 0.6) is 0 Å². The molecule has 1 aliphatic heterocycles. The molecular formula is C12H14N2O. The fraction of sp³-hybridized carbons (Fsp3) is 0.417. The van der Waals surface area contributed by atoms with Crippen molar-refractivity contribution in [3.63, 3.8) is 0 Å². The van der Waals surface area contributed by atoms with Gasteiger partial charge < -0.3 is 9.73 Å². The second-order valence-electron chi connectivity index (χ2n) is 4.17. The lowest BCUT2D eigenvalue weighted by molar-refractivity contribution is 0.451. The third-order valence-electron chi connectivity index (χ3n) is 2.92. The molecule has 0 radical (unpaired) electrons. The summed E-state index contributed by atoms with van der Waals surface area (Å²) in [6.07, 6.45) is 2.34. The molecule has 0 amide bonds. The molecule has 3 rings (SSSR count). The molecule has 78 valence electrons. The first kappa shape index (κ1) is 8.92. The monoisotopic (exact) mass is 202 g/mol. The molecule has 1 fully saturated rings. The largest absolute Gasteiger partial charge is 0.439 e. The zero-order chi connectivity index (χ0) is 10.3. The summed E-state index contributed by atoms with van der Waals surface area (Å²) in [5, 5.41) is 3.39. The van der Waals surface area contributed by atoms with Gasteiger partial charge in [-0.2, -0.15) is 0 Å². The third kappa shape index (κ3) is 1.53. The number of rotatable bonds is 1. The highest BCUT2D eigenvalue weighted by Crippen LogP contribution is 2.26. The SMILES string of the molecule is Cc1ccc2nc(C3CCCN3)oc2c1. The smallest absolute Gasteiger partial charge is 0.212 e. The predicted molar refractivity (Wildman–Crippen MR) is 58.7 cm³/mol. The maximum absolute atomic E-state index is 5.76. The Balaban J connectivity index is 2.05. The second-order valence-corrected chi connectivity index (χ2v) is 4.17. The van der Waals surface area contributed by atoms with Gasteiger partial charge in [0.05, 0.1) is 6.04 Å². The van der Waals surface area contributed by atoms with Crippen LogP contribution in [0.4, 0.5) is 0 Å². The van der Waals surface area contributed by atoms with E-state index in [0.717, 1.165) is 30.0 Å². The van der Waals surface area contributed by atoms with Crippen LogP contribution < -0.4 is 5.32 Å². The highest BCUT2D eigenvalue weighted by molar-refractivity contribution is 5.73. The van der Waals surface area contributed by atoms with E-state index in [0.29, 0.717) is 6.04 Å². The van der Waals surface area contributed by atoms with Crippen LogP contribution in [0.15, 0.2) is 22.6 Å². The van der Waals surface area contributed by atoms with Crippen molar-refractivity contribution in [3.05, 3.63) is 29.7 Å². The van der Waals surface area contributed by atoms with E-state index in [1.807, 2.05) is 12.1 Å². The van der Waals surface area contributed by atoms with E-state index >= 15 is 0 Å². The second kappa shape index (κ2) is 3.35. The molecule has 1 N–H and O–H groups in total. The van der Waals surface area contributed by atoms with Gasteiger partial charge in [0.25, 0.3) is 0 Å². The van der Waals surface area contributed by atoms with Crippen LogP contribution in [0, 0.1) is 6.92 Å². The number of hydrogen-bond acceptors (Lipinski definition) is 3. The first-order chi connectivity index (χ1) is 7.33. The average Bonchev–Trinajstić information content (AvgIpc) is 2.84. The van der Waals surface area contributed by atoms with Gasteiger partial charge >= 0.3 is 0 Å². The van der Waals surface area contributed by atoms with Crippen molar-refractivity contribution in [2.45, 2.75) is 25.8 Å². The van der Waals surface area contributed by atoms with Gasteiger partial charge in [0.1, 0.15) is 5.52 Å². The van der Waals surface area contributed by atoms with E-state index in [1.165, 1.54) is 12.0 Å². The van der Waals surface area contributed by atoms with E-state index in [9.17, 15) is 0 Å². The van der Waals surface area contributed by atoms with Crippen LogP contribution >= 0.6 is 0 Å². The molecule has 1 unspecified atom stereocenters. The van der Waals surface area contributed by atoms with Crippen molar-refractivity contribution in [1.82, 2.24) is 10.3 Å². The van der Waals surface area contributed by atoms with Gasteiger partial charge in [-0.25, -0.2) is 4.98 Å². The lowest BCUT2D eigenvalue weighted by atomic mass is 10.2. The summed E-state index contributed by atoms with van der Waals surface area (Å²) in [6.45, 7) is 3.14. The lowest BCUT2D eigenvalue weighted by Crippen LogP contribution is -2.12. The molecule has 1 atom stereocenters. The zero-order valence-electron chi connectivity index (χ0n) is 8.79. The van der Waals surface area contributed by atoms with Crippen LogP contribution in [0.25, 0.3) is 11.1 Å². The summed E-state index contributed by atoms with van der Waals surface area (Å²) in [5.41, 5.74) is 3.08. The molecule has 15 heavy (non-hydrogen) atoms. The number of hydrogen-bond donors (Lipinski definition) is 1. The summed E-state index contributed by atoms with van der Waals surface area (Å²) in [4.78, 5) is 4.51. The first-order valence-corrected chi connectivity index (χ1v) is 5.43. The molecule has 1 saturated heterocycles. The number of nitrogens with one attached hydrogen (secondary N) is 1. The fourth-order valence-corrected chi connectivity index (χ4v) is 2.09. The third-order valence-corrected chi connectivity index (χ3v) is 2.92. The van der Waals surface area contributed by atoms with Crippen molar-refractivity contribution >= 4 is 11.1 Å². The Hall–Kier alpha value is -1.35. The van der Waals surface area contributed by atoms with E-state index in [2.05, 4.69) is 23.3 Å². The molecule has 2 heterocycles. The number of fused-ring (bicyclic) bond motifs is 1. The topological polar surface area (TPSA) is 38.1 Å². The molecular weight excluding hydrogens is 188 g/mol. The normalized spacial score (nSPS) is 21.3. The lowest BCUT2D eigenvalue weighted by Gasteiger charge is -2.02. The van der Waals surface area contributed by atoms with Gasteiger partial charge in [-0.05, 0) is 44.0 Å². The minimum absolute atomic E-state index is 0.317. The minimum atomic E-state index is 0.317. The average molecular weight is 202 g/mol. The van der Waals surface area contributed by atoms with Crippen LogP contribution in [-0.2, 0) is 0 Å². The highest BCUT2D eigenvalue weighted by atomic mass is 16.3. The number of nitrogens with zero attached hydrogens (tertiary/aromatic N) is 1. The molecule has 0 saturated carbocycles. The van der Waals surface area contributed by atoms with Crippen molar-refractivity contribution in [2.24, 2.45) is 0 Å². The molecule has 2 aromatic rings. The molecule has 1 aromatic heterocycles. The van der Waals surface area contributed by atoms with Crippen LogP contribution in [0.1, 0.15) is 30.3 Å². The maximum Gasteiger partial charge on any atom is 0.212 e. The Bertz CT molecular complexity index is 483. The molecule has 3 heteroatoms. The molecule has 0 aliphatic carbocycles. The van der Waals surface area contributed by atoms with E-state index in [-0.39, 0.29) is 0 Å². The summed E-state index contributed by atoms with van der Waals surface area (Å²) in [5.74, 6) is 0.841. The molecule has 1 aromatic carbocycles. The number of benzene rings is 1. The van der Waals surface area contributed by atoms with E-state index < -0.39 is 0 Å².